The largest absolute Gasteiger partial charge is 0.310 e. The van der Waals surface area contributed by atoms with Crippen LogP contribution in [0.4, 0.5) is 51.2 Å². The first-order valence-electron chi connectivity index (χ1n) is 28.5. The minimum Gasteiger partial charge on any atom is -0.310 e. The number of hydrogen-bond donors (Lipinski definition) is 0. The van der Waals surface area contributed by atoms with Crippen molar-refractivity contribution in [3.05, 3.63) is 293 Å². The third-order valence-corrected chi connectivity index (χ3v) is 18.5. The maximum absolute atomic E-state index is 2.53. The number of fused-ring (bicyclic) bond motifs is 10. The Labute approximate surface area is 471 Å². The highest BCUT2D eigenvalue weighted by molar-refractivity contribution is 5.93. The van der Waals surface area contributed by atoms with E-state index in [0.29, 0.717) is 0 Å². The molecule has 11 aromatic rings. The topological polar surface area (TPSA) is 9.72 Å². The third-order valence-electron chi connectivity index (χ3n) is 18.5. The van der Waals surface area contributed by atoms with E-state index < -0.39 is 0 Å². The Morgan fingerprint density at radius 1 is 0.225 bits per heavy atom. The zero-order valence-electron chi connectivity index (χ0n) is 46.4. The first-order chi connectivity index (χ1) is 38.9. The Morgan fingerprint density at radius 3 is 0.938 bits per heavy atom. The van der Waals surface area contributed by atoms with Crippen LogP contribution in [0.1, 0.15) is 86.1 Å². The quantitative estimate of drug-likeness (QED) is 0.135. The molecule has 0 fully saturated rings. The summed E-state index contributed by atoms with van der Waals surface area (Å²) in [6.07, 6.45) is 2.36. The molecule has 0 atom stereocenters. The SMILES string of the molecule is CC1(C)c2ccccc2-c2ccc(N(c3ccc4c(c3)C(C)(C)c3cc(N(c5ccccc5)c5ccccc5)ccc3-4)c3ccc4c(c3)C(C)(C)c3cc(N(c5ccccc5)c5cccc(-c6ccc7c(c6)CC7)c5)ccc3-4)cc21. The number of para-hydroxylation sites is 3. The van der Waals surface area contributed by atoms with Crippen LogP contribution in [0.25, 0.3) is 44.5 Å². The standard InChI is InChI=1S/C77H63N3/c1-75(2)69-28-17-16-27-63(69)64-38-35-60(47-70(64)75)80(61-36-41-67-65-39-33-58(45-71(65)76(3,4)73(67)48-61)78(54-20-10-7-11-21-54)55-22-12-8-13-23-55)62-37-42-68-66-40-34-59(46-72(66)77(5,6)74(68)49-62)79(56-24-14-9-15-25-56)57-26-18-19-51(44-57)53-32-30-50-29-31-52(50)43-53/h7-28,30,32-49H,29,31H2,1-6H3. The van der Waals surface area contributed by atoms with Gasteiger partial charge in [-0.1, -0.05) is 181 Å². The van der Waals surface area contributed by atoms with Crippen LogP contribution in [0.2, 0.25) is 0 Å². The van der Waals surface area contributed by atoms with Crippen molar-refractivity contribution in [2.75, 3.05) is 14.7 Å². The van der Waals surface area contributed by atoms with Crippen LogP contribution >= 0.6 is 0 Å². The summed E-state index contributed by atoms with van der Waals surface area (Å²) in [7, 11) is 0. The monoisotopic (exact) mass is 1030 g/mol. The number of aryl methyl sites for hydroxylation is 2. The van der Waals surface area contributed by atoms with Crippen molar-refractivity contribution in [3.8, 4) is 44.5 Å². The van der Waals surface area contributed by atoms with Crippen LogP contribution in [0, 0.1) is 0 Å². The van der Waals surface area contributed by atoms with Crippen molar-refractivity contribution in [1.29, 1.82) is 0 Å². The van der Waals surface area contributed by atoms with Crippen molar-refractivity contribution < 1.29 is 0 Å². The highest BCUT2D eigenvalue weighted by Crippen LogP contribution is 2.57. The second-order valence-corrected chi connectivity index (χ2v) is 24.1. The summed E-state index contributed by atoms with van der Waals surface area (Å²) >= 11 is 0. The molecule has 0 radical (unpaired) electrons. The molecule has 11 aromatic carbocycles. The second kappa shape index (κ2) is 17.9. The van der Waals surface area contributed by atoms with E-state index in [-0.39, 0.29) is 16.2 Å². The van der Waals surface area contributed by atoms with Crippen LogP contribution in [-0.4, -0.2) is 0 Å². The zero-order chi connectivity index (χ0) is 54.1. The maximum atomic E-state index is 2.53. The summed E-state index contributed by atoms with van der Waals surface area (Å²) < 4.78 is 0. The van der Waals surface area contributed by atoms with E-state index in [4.69, 9.17) is 0 Å². The van der Waals surface area contributed by atoms with E-state index in [0.717, 1.165) is 51.2 Å². The summed E-state index contributed by atoms with van der Waals surface area (Å²) in [5.74, 6) is 0. The van der Waals surface area contributed by atoms with Crippen LogP contribution in [0.3, 0.4) is 0 Å². The lowest BCUT2D eigenvalue weighted by Gasteiger charge is -2.31. The first kappa shape index (κ1) is 48.0. The van der Waals surface area contributed by atoms with Gasteiger partial charge in [0.25, 0.3) is 0 Å². The highest BCUT2D eigenvalue weighted by atomic mass is 15.2. The van der Waals surface area contributed by atoms with Gasteiger partial charge in [0.15, 0.2) is 0 Å². The van der Waals surface area contributed by atoms with Crippen molar-refractivity contribution >= 4 is 51.2 Å². The van der Waals surface area contributed by atoms with E-state index in [1.54, 1.807) is 0 Å². The number of hydrogen-bond acceptors (Lipinski definition) is 3. The molecule has 0 N–H and O–H groups in total. The van der Waals surface area contributed by atoms with Crippen molar-refractivity contribution in [2.24, 2.45) is 0 Å². The molecule has 3 nitrogen and oxygen atoms in total. The Hall–Kier alpha value is -9.18. The molecule has 0 heterocycles. The van der Waals surface area contributed by atoms with Gasteiger partial charge in [-0.2, -0.15) is 0 Å². The summed E-state index contributed by atoms with van der Waals surface area (Å²) in [6, 6.07) is 93.3. The molecule has 0 unspecified atom stereocenters. The number of rotatable bonds is 10. The molecule has 0 bridgehead atoms. The van der Waals surface area contributed by atoms with E-state index in [9.17, 15) is 0 Å². The molecular weight excluding hydrogens is 967 g/mol. The van der Waals surface area contributed by atoms with E-state index in [1.807, 2.05) is 0 Å². The molecule has 0 aromatic heterocycles. The lowest BCUT2D eigenvalue weighted by molar-refractivity contribution is 0.659. The Bertz CT molecular complexity index is 4240. The molecule has 0 saturated carbocycles. The Kier molecular flexibility index (Phi) is 10.8. The molecule has 4 aliphatic carbocycles. The average molecular weight is 1030 g/mol. The number of nitrogens with zero attached hydrogens (tertiary/aromatic N) is 3. The Balaban J connectivity index is 0.837. The van der Waals surface area contributed by atoms with Gasteiger partial charge in [0.2, 0.25) is 0 Å². The van der Waals surface area contributed by atoms with Crippen molar-refractivity contribution in [3.63, 3.8) is 0 Å². The van der Waals surface area contributed by atoms with Gasteiger partial charge in [0, 0.05) is 67.4 Å². The molecule has 80 heavy (non-hydrogen) atoms. The van der Waals surface area contributed by atoms with Gasteiger partial charge in [-0.25, -0.2) is 0 Å². The summed E-state index contributed by atoms with van der Waals surface area (Å²) in [5, 5.41) is 0. The molecule has 0 aliphatic heterocycles. The molecule has 386 valence electrons. The van der Waals surface area contributed by atoms with Crippen LogP contribution < -0.4 is 14.7 Å². The number of benzene rings is 11. The molecular formula is C77H63N3. The first-order valence-corrected chi connectivity index (χ1v) is 28.5. The van der Waals surface area contributed by atoms with Crippen LogP contribution in [0.5, 0.6) is 0 Å². The van der Waals surface area contributed by atoms with E-state index in [2.05, 4.69) is 305 Å². The molecule has 0 spiro atoms. The van der Waals surface area contributed by atoms with Gasteiger partial charge in [0.1, 0.15) is 0 Å². The Morgan fingerprint density at radius 2 is 0.537 bits per heavy atom. The van der Waals surface area contributed by atoms with Gasteiger partial charge < -0.3 is 14.7 Å². The van der Waals surface area contributed by atoms with Crippen LogP contribution in [0.15, 0.2) is 249 Å². The normalized spacial score (nSPS) is 14.8. The van der Waals surface area contributed by atoms with Gasteiger partial charge >= 0.3 is 0 Å². The third kappa shape index (κ3) is 7.40. The predicted molar refractivity (Wildman–Crippen MR) is 336 cm³/mol. The molecule has 15 rings (SSSR count). The van der Waals surface area contributed by atoms with Gasteiger partial charge in [0.05, 0.1) is 0 Å². The minimum absolute atomic E-state index is 0.156. The fraction of sp³-hybridized carbons (Fsp3) is 0.143. The van der Waals surface area contributed by atoms with Gasteiger partial charge in [-0.15, -0.1) is 0 Å². The molecule has 0 amide bonds. The summed E-state index contributed by atoms with van der Waals surface area (Å²) in [5.41, 5.74) is 30.9. The lowest BCUT2D eigenvalue weighted by Crippen LogP contribution is -2.19. The smallest absolute Gasteiger partial charge is 0.0467 e. The number of anilines is 9. The van der Waals surface area contributed by atoms with E-state index in [1.165, 1.54) is 102 Å². The van der Waals surface area contributed by atoms with Gasteiger partial charge in [-0.05, 0) is 211 Å². The summed E-state index contributed by atoms with van der Waals surface area (Å²) in [6.45, 7) is 14.4. The fourth-order valence-corrected chi connectivity index (χ4v) is 14.1. The van der Waals surface area contributed by atoms with E-state index >= 15 is 0 Å². The minimum atomic E-state index is -0.299. The maximum Gasteiger partial charge on any atom is 0.0467 e. The molecule has 3 heteroatoms. The fourth-order valence-electron chi connectivity index (χ4n) is 14.1. The zero-order valence-corrected chi connectivity index (χ0v) is 46.4. The molecule has 0 saturated heterocycles. The van der Waals surface area contributed by atoms with Gasteiger partial charge in [-0.3, -0.25) is 0 Å². The summed E-state index contributed by atoms with van der Waals surface area (Å²) in [4.78, 5) is 7.34. The highest BCUT2D eigenvalue weighted by Gasteiger charge is 2.40. The van der Waals surface area contributed by atoms with Crippen molar-refractivity contribution in [1.82, 2.24) is 0 Å². The second-order valence-electron chi connectivity index (χ2n) is 24.1. The predicted octanol–water partition coefficient (Wildman–Crippen LogP) is 20.8. The molecule has 4 aliphatic rings. The van der Waals surface area contributed by atoms with Crippen LogP contribution in [-0.2, 0) is 29.1 Å². The van der Waals surface area contributed by atoms with Crippen molar-refractivity contribution in [2.45, 2.75) is 70.6 Å². The lowest BCUT2D eigenvalue weighted by atomic mass is 9.81. The average Bonchev–Trinajstić information content (AvgIpc) is 4.17.